The Balaban J connectivity index is 2.31. The number of nitrogens with two attached hydrogens (primary N) is 1. The van der Waals surface area contributed by atoms with E-state index in [9.17, 15) is 0 Å². The van der Waals surface area contributed by atoms with Crippen molar-refractivity contribution >= 4 is 39.7 Å². The predicted octanol–water partition coefficient (Wildman–Crippen LogP) is 4.23. The summed E-state index contributed by atoms with van der Waals surface area (Å²) in [6, 6.07) is 12.3. The van der Waals surface area contributed by atoms with E-state index in [0.717, 1.165) is 20.6 Å². The minimum atomic E-state index is 0.792. The molecule has 0 radical (unpaired) electrons. The van der Waals surface area contributed by atoms with E-state index in [1.54, 1.807) is 0 Å². The topological polar surface area (TPSA) is 38.0 Å². The third kappa shape index (κ3) is 3.12. The van der Waals surface area contributed by atoms with Crippen LogP contribution in [0.25, 0.3) is 0 Å². The van der Waals surface area contributed by atoms with Gasteiger partial charge in [-0.1, -0.05) is 6.07 Å². The molecule has 17 heavy (non-hydrogen) atoms. The van der Waals surface area contributed by atoms with E-state index in [1.807, 2.05) is 18.2 Å². The summed E-state index contributed by atoms with van der Waals surface area (Å²) in [5, 5.41) is 3.42. The number of anilines is 3. The van der Waals surface area contributed by atoms with Gasteiger partial charge in [0.15, 0.2) is 0 Å². The fourth-order valence-electron chi connectivity index (χ4n) is 1.84. The molecule has 3 N–H and O–H groups in total. The number of nitrogen functional groups attached to an aromatic ring is 1. The maximum atomic E-state index is 5.74. The first-order valence-corrected chi connectivity index (χ1v) is 6.53. The molecule has 0 aromatic heterocycles. The van der Waals surface area contributed by atoms with E-state index in [4.69, 9.17) is 5.73 Å². The highest BCUT2D eigenvalue weighted by Gasteiger charge is 2.01. The lowest BCUT2D eigenvalue weighted by molar-refractivity contribution is 1.37. The smallest absolute Gasteiger partial charge is 0.0521 e. The van der Waals surface area contributed by atoms with E-state index in [0.29, 0.717) is 0 Å². The van der Waals surface area contributed by atoms with Crippen LogP contribution in [-0.4, -0.2) is 0 Å². The molecule has 0 fully saturated rings. The Morgan fingerprint density at radius 2 is 1.65 bits per heavy atom. The molecular formula is C14H15IN2. The molecule has 0 amide bonds. The van der Waals surface area contributed by atoms with Crippen LogP contribution in [-0.2, 0) is 0 Å². The number of nitrogens with one attached hydrogen (secondary N) is 1. The van der Waals surface area contributed by atoms with Crippen molar-refractivity contribution in [2.45, 2.75) is 13.8 Å². The average molecular weight is 338 g/mol. The van der Waals surface area contributed by atoms with Gasteiger partial charge in [0.1, 0.15) is 0 Å². The lowest BCUT2D eigenvalue weighted by Gasteiger charge is -2.11. The molecule has 2 nitrogen and oxygen atoms in total. The van der Waals surface area contributed by atoms with Gasteiger partial charge in [0.2, 0.25) is 0 Å². The molecule has 0 saturated carbocycles. The third-order valence-corrected chi connectivity index (χ3v) is 3.39. The van der Waals surface area contributed by atoms with Crippen molar-refractivity contribution in [2.24, 2.45) is 0 Å². The Kier molecular flexibility index (Phi) is 3.57. The standard InChI is InChI=1S/C14H15IN2/c1-9-5-10(2)7-12(6-9)17-14-4-3-11(16)8-13(14)15/h3-8,17H,16H2,1-2H3. The summed E-state index contributed by atoms with van der Waals surface area (Å²) in [6.07, 6.45) is 0. The van der Waals surface area contributed by atoms with Crippen LogP contribution in [0.1, 0.15) is 11.1 Å². The number of hydrogen-bond donors (Lipinski definition) is 2. The molecule has 0 spiro atoms. The van der Waals surface area contributed by atoms with Gasteiger partial charge >= 0.3 is 0 Å². The molecule has 3 heteroatoms. The van der Waals surface area contributed by atoms with Gasteiger partial charge < -0.3 is 11.1 Å². The maximum Gasteiger partial charge on any atom is 0.0521 e. The second kappa shape index (κ2) is 4.96. The monoisotopic (exact) mass is 338 g/mol. The van der Waals surface area contributed by atoms with Crippen molar-refractivity contribution in [2.75, 3.05) is 11.1 Å². The van der Waals surface area contributed by atoms with Gasteiger partial charge in [-0.05, 0) is 77.9 Å². The Bertz CT molecular complexity index is 530. The molecule has 0 bridgehead atoms. The second-order valence-corrected chi connectivity index (χ2v) is 5.40. The minimum absolute atomic E-state index is 0.792. The highest BCUT2D eigenvalue weighted by atomic mass is 127. The molecule has 2 rings (SSSR count). The number of hydrogen-bond acceptors (Lipinski definition) is 2. The van der Waals surface area contributed by atoms with Gasteiger partial charge in [-0.15, -0.1) is 0 Å². The van der Waals surface area contributed by atoms with Gasteiger partial charge in [0.05, 0.1) is 5.69 Å². The van der Waals surface area contributed by atoms with Crippen LogP contribution in [0.15, 0.2) is 36.4 Å². The zero-order chi connectivity index (χ0) is 12.4. The molecule has 0 aliphatic carbocycles. The normalized spacial score (nSPS) is 10.3. The summed E-state index contributed by atoms with van der Waals surface area (Å²) in [6.45, 7) is 4.21. The largest absolute Gasteiger partial charge is 0.399 e. The van der Waals surface area contributed by atoms with Crippen molar-refractivity contribution in [3.8, 4) is 0 Å². The molecule has 0 unspecified atom stereocenters. The molecule has 0 aliphatic rings. The first-order valence-electron chi connectivity index (χ1n) is 5.45. The lowest BCUT2D eigenvalue weighted by Crippen LogP contribution is -1.95. The molecule has 2 aromatic carbocycles. The van der Waals surface area contributed by atoms with Gasteiger partial charge in [-0.3, -0.25) is 0 Å². The van der Waals surface area contributed by atoms with E-state index in [2.05, 4.69) is 60.0 Å². The van der Waals surface area contributed by atoms with Gasteiger partial charge in [-0.2, -0.15) is 0 Å². The van der Waals surface area contributed by atoms with Crippen LogP contribution in [0.5, 0.6) is 0 Å². The summed E-state index contributed by atoms with van der Waals surface area (Å²) >= 11 is 2.29. The van der Waals surface area contributed by atoms with Gasteiger partial charge in [-0.25, -0.2) is 0 Å². The molecule has 0 saturated heterocycles. The molecule has 0 heterocycles. The molecule has 0 aliphatic heterocycles. The third-order valence-electron chi connectivity index (χ3n) is 2.49. The molecule has 0 atom stereocenters. The van der Waals surface area contributed by atoms with E-state index < -0.39 is 0 Å². The lowest BCUT2D eigenvalue weighted by atomic mass is 10.1. The van der Waals surface area contributed by atoms with Crippen molar-refractivity contribution < 1.29 is 0 Å². The molecule has 88 valence electrons. The SMILES string of the molecule is Cc1cc(C)cc(Nc2ccc(N)cc2I)c1. The van der Waals surface area contributed by atoms with Crippen LogP contribution < -0.4 is 11.1 Å². The van der Waals surface area contributed by atoms with Crippen molar-refractivity contribution in [3.05, 3.63) is 51.1 Å². The summed E-state index contributed by atoms with van der Waals surface area (Å²) in [4.78, 5) is 0. The van der Waals surface area contributed by atoms with Gasteiger partial charge in [0.25, 0.3) is 0 Å². The first kappa shape index (κ1) is 12.2. The number of aryl methyl sites for hydroxylation is 2. The van der Waals surface area contributed by atoms with Gasteiger partial charge in [0, 0.05) is 14.9 Å². The first-order chi connectivity index (χ1) is 8.04. The van der Waals surface area contributed by atoms with Crippen molar-refractivity contribution in [3.63, 3.8) is 0 Å². The zero-order valence-corrected chi connectivity index (χ0v) is 12.1. The summed E-state index contributed by atoms with van der Waals surface area (Å²) in [5.41, 5.74) is 11.3. The average Bonchev–Trinajstić information content (AvgIpc) is 2.21. The Morgan fingerprint density at radius 1 is 1.00 bits per heavy atom. The minimum Gasteiger partial charge on any atom is -0.399 e. The predicted molar refractivity (Wildman–Crippen MR) is 82.8 cm³/mol. The molecule has 2 aromatic rings. The Hall–Kier alpha value is -1.23. The highest BCUT2D eigenvalue weighted by molar-refractivity contribution is 14.1. The van der Waals surface area contributed by atoms with Crippen LogP contribution in [0.3, 0.4) is 0 Å². The molecular weight excluding hydrogens is 323 g/mol. The van der Waals surface area contributed by atoms with Crippen molar-refractivity contribution in [1.82, 2.24) is 0 Å². The summed E-state index contributed by atoms with van der Waals surface area (Å²) < 4.78 is 1.13. The summed E-state index contributed by atoms with van der Waals surface area (Å²) in [5.74, 6) is 0. The van der Waals surface area contributed by atoms with E-state index >= 15 is 0 Å². The van der Waals surface area contributed by atoms with Crippen LogP contribution in [0.4, 0.5) is 17.1 Å². The fourth-order valence-corrected chi connectivity index (χ4v) is 2.51. The van der Waals surface area contributed by atoms with Crippen LogP contribution in [0.2, 0.25) is 0 Å². The number of halogens is 1. The number of rotatable bonds is 2. The maximum absolute atomic E-state index is 5.74. The quantitative estimate of drug-likeness (QED) is 0.635. The Labute approximate surface area is 115 Å². The fraction of sp³-hybridized carbons (Fsp3) is 0.143. The van der Waals surface area contributed by atoms with E-state index in [1.165, 1.54) is 11.1 Å². The Morgan fingerprint density at radius 3 is 2.24 bits per heavy atom. The van der Waals surface area contributed by atoms with Crippen LogP contribution in [0, 0.1) is 17.4 Å². The summed E-state index contributed by atoms with van der Waals surface area (Å²) in [7, 11) is 0. The zero-order valence-electron chi connectivity index (χ0n) is 9.92. The second-order valence-electron chi connectivity index (χ2n) is 4.24. The van der Waals surface area contributed by atoms with E-state index in [-0.39, 0.29) is 0 Å². The van der Waals surface area contributed by atoms with Crippen molar-refractivity contribution in [1.29, 1.82) is 0 Å². The van der Waals surface area contributed by atoms with Crippen LogP contribution >= 0.6 is 22.6 Å². The number of benzene rings is 2. The highest BCUT2D eigenvalue weighted by Crippen LogP contribution is 2.25.